The molecular weight excluding hydrogens is 296 g/mol. The lowest BCUT2D eigenvalue weighted by atomic mass is 10.2. The van der Waals surface area contributed by atoms with Crippen molar-refractivity contribution in [3.8, 4) is 5.75 Å². The first-order chi connectivity index (χ1) is 10.7. The molecule has 1 aromatic carbocycles. The van der Waals surface area contributed by atoms with E-state index in [1.165, 1.54) is 0 Å². The van der Waals surface area contributed by atoms with Gasteiger partial charge in [0, 0.05) is 28.9 Å². The lowest BCUT2D eigenvalue weighted by Crippen LogP contribution is -2.00. The smallest absolute Gasteiger partial charge is 0.139 e. The summed E-state index contributed by atoms with van der Waals surface area (Å²) in [5, 5.41) is 0. The predicted octanol–water partition coefficient (Wildman–Crippen LogP) is 3.10. The zero-order valence-electron chi connectivity index (χ0n) is 12.7. The van der Waals surface area contributed by atoms with Gasteiger partial charge in [0.25, 0.3) is 0 Å². The molecule has 0 saturated carbocycles. The Kier molecular flexibility index (Phi) is 4.24. The Morgan fingerprint density at radius 2 is 2.09 bits per heavy atom. The first-order valence-corrected chi connectivity index (χ1v) is 8.55. The Balaban J connectivity index is 1.74. The molecule has 0 spiro atoms. The maximum Gasteiger partial charge on any atom is 0.139 e. The van der Waals surface area contributed by atoms with Gasteiger partial charge in [0.1, 0.15) is 11.4 Å². The second-order valence-electron chi connectivity index (χ2n) is 5.23. The second-order valence-corrected chi connectivity index (χ2v) is 6.69. The number of methoxy groups -OCH3 is 1. The Bertz CT molecular complexity index is 826. The third-order valence-electron chi connectivity index (χ3n) is 3.50. The van der Waals surface area contributed by atoms with Crippen molar-refractivity contribution in [3.05, 3.63) is 65.6 Å². The summed E-state index contributed by atoms with van der Waals surface area (Å²) in [7, 11) is 0.637. The van der Waals surface area contributed by atoms with Crippen LogP contribution in [0.15, 0.2) is 48.8 Å². The van der Waals surface area contributed by atoms with Crippen molar-refractivity contribution in [1.29, 1.82) is 0 Å². The average molecular weight is 314 g/mol. The maximum absolute atomic E-state index is 12.4. The Morgan fingerprint density at radius 3 is 2.86 bits per heavy atom. The summed E-state index contributed by atoms with van der Waals surface area (Å²) in [5.41, 5.74) is 3.91. The predicted molar refractivity (Wildman–Crippen MR) is 88.5 cm³/mol. The molecule has 2 heterocycles. The molecule has 1 atom stereocenters. The van der Waals surface area contributed by atoms with Crippen LogP contribution in [0.3, 0.4) is 0 Å². The van der Waals surface area contributed by atoms with Crippen LogP contribution >= 0.6 is 0 Å². The van der Waals surface area contributed by atoms with E-state index >= 15 is 0 Å². The van der Waals surface area contributed by atoms with Crippen molar-refractivity contribution in [2.45, 2.75) is 18.4 Å². The number of ether oxygens (including phenoxy) is 1. The molecule has 0 aliphatic rings. The molecule has 2 aromatic heterocycles. The van der Waals surface area contributed by atoms with E-state index in [0.717, 1.165) is 28.2 Å². The minimum Gasteiger partial charge on any atom is -0.497 e. The summed E-state index contributed by atoms with van der Waals surface area (Å²) < 4.78 is 19.5. The van der Waals surface area contributed by atoms with Crippen LogP contribution in [0.2, 0.25) is 0 Å². The molecule has 0 radical (unpaired) electrons. The summed E-state index contributed by atoms with van der Waals surface area (Å²) in [4.78, 5) is 4.57. The number of aromatic nitrogens is 2. The van der Waals surface area contributed by atoms with Crippen LogP contribution in [0.5, 0.6) is 5.75 Å². The topological polar surface area (TPSA) is 43.6 Å². The number of benzene rings is 1. The number of pyridine rings is 1. The van der Waals surface area contributed by atoms with Gasteiger partial charge in [-0.05, 0) is 36.2 Å². The molecule has 0 bridgehead atoms. The molecule has 0 aliphatic carbocycles. The Hall–Kier alpha value is -2.14. The van der Waals surface area contributed by atoms with Gasteiger partial charge < -0.3 is 9.14 Å². The first-order valence-electron chi connectivity index (χ1n) is 7.07. The van der Waals surface area contributed by atoms with Gasteiger partial charge in [-0.25, -0.2) is 4.98 Å². The number of imidazole rings is 1. The molecule has 4 nitrogen and oxygen atoms in total. The second kappa shape index (κ2) is 6.32. The first kappa shape index (κ1) is 14.8. The minimum atomic E-state index is -0.997. The van der Waals surface area contributed by atoms with Crippen molar-refractivity contribution in [2.75, 3.05) is 7.11 Å². The molecule has 3 aromatic rings. The van der Waals surface area contributed by atoms with Gasteiger partial charge in [0.15, 0.2) is 0 Å². The molecule has 114 valence electrons. The van der Waals surface area contributed by atoms with E-state index in [-0.39, 0.29) is 0 Å². The molecule has 22 heavy (non-hydrogen) atoms. The van der Waals surface area contributed by atoms with Crippen molar-refractivity contribution in [3.63, 3.8) is 0 Å². The highest BCUT2D eigenvalue weighted by atomic mass is 32.2. The number of nitrogens with zero attached hydrogens (tertiary/aromatic N) is 2. The standard InChI is InChI=1S/C17H18N2O2S/c1-13-5-4-8-19-10-15(18-17(13)19)12-22(20)11-14-6-3-7-16(9-14)21-2/h3-10H,11-12H2,1-2H3/t22-/m1/s1. The molecule has 5 heteroatoms. The molecule has 0 fully saturated rings. The van der Waals surface area contributed by atoms with E-state index in [0.29, 0.717) is 11.5 Å². The third kappa shape index (κ3) is 3.20. The molecular formula is C17H18N2O2S. The maximum atomic E-state index is 12.4. The van der Waals surface area contributed by atoms with Gasteiger partial charge in [0.2, 0.25) is 0 Å². The fourth-order valence-corrected chi connectivity index (χ4v) is 3.56. The molecule has 0 unspecified atom stereocenters. The van der Waals surface area contributed by atoms with Crippen LogP contribution in [-0.4, -0.2) is 20.7 Å². The van der Waals surface area contributed by atoms with Crippen LogP contribution < -0.4 is 4.74 Å². The van der Waals surface area contributed by atoms with E-state index in [1.54, 1.807) is 7.11 Å². The number of hydrogen-bond donors (Lipinski definition) is 0. The monoisotopic (exact) mass is 314 g/mol. The highest BCUT2D eigenvalue weighted by molar-refractivity contribution is 7.83. The Labute approximate surface area is 132 Å². The molecule has 3 rings (SSSR count). The third-order valence-corrected chi connectivity index (χ3v) is 4.77. The fraction of sp³-hybridized carbons (Fsp3) is 0.235. The zero-order valence-corrected chi connectivity index (χ0v) is 13.5. The van der Waals surface area contributed by atoms with E-state index in [4.69, 9.17) is 4.74 Å². The SMILES string of the molecule is COc1cccc(C[S@@](=O)Cc2cn3cccc(C)c3n2)c1. The van der Waals surface area contributed by atoms with Crippen molar-refractivity contribution < 1.29 is 8.95 Å². The highest BCUT2D eigenvalue weighted by Gasteiger charge is 2.09. The van der Waals surface area contributed by atoms with Crippen LogP contribution in [0.4, 0.5) is 0 Å². The molecule has 0 aliphatic heterocycles. The van der Waals surface area contributed by atoms with Gasteiger partial charge >= 0.3 is 0 Å². The van der Waals surface area contributed by atoms with Crippen LogP contribution in [0.1, 0.15) is 16.8 Å². The number of hydrogen-bond acceptors (Lipinski definition) is 3. The number of fused-ring (bicyclic) bond motifs is 1. The van der Waals surface area contributed by atoms with Crippen molar-refractivity contribution in [2.24, 2.45) is 0 Å². The lowest BCUT2D eigenvalue weighted by Gasteiger charge is -2.04. The molecule has 0 N–H and O–H groups in total. The van der Waals surface area contributed by atoms with Crippen LogP contribution in [0.25, 0.3) is 5.65 Å². The molecule has 0 saturated heterocycles. The van der Waals surface area contributed by atoms with Gasteiger partial charge in [0.05, 0.1) is 18.6 Å². The average Bonchev–Trinajstić information content (AvgIpc) is 2.91. The number of rotatable bonds is 5. The number of aryl methyl sites for hydroxylation is 1. The van der Waals surface area contributed by atoms with Gasteiger partial charge in [-0.1, -0.05) is 18.2 Å². The van der Waals surface area contributed by atoms with Crippen molar-refractivity contribution in [1.82, 2.24) is 9.38 Å². The van der Waals surface area contributed by atoms with E-state index < -0.39 is 10.8 Å². The van der Waals surface area contributed by atoms with E-state index in [2.05, 4.69) is 4.98 Å². The van der Waals surface area contributed by atoms with Crippen molar-refractivity contribution >= 4 is 16.4 Å². The largest absolute Gasteiger partial charge is 0.497 e. The molecule has 0 amide bonds. The lowest BCUT2D eigenvalue weighted by molar-refractivity contribution is 0.414. The summed E-state index contributed by atoms with van der Waals surface area (Å²) in [5.74, 6) is 1.75. The fourth-order valence-electron chi connectivity index (χ4n) is 2.44. The summed E-state index contributed by atoms with van der Waals surface area (Å²) in [6, 6.07) is 11.7. The van der Waals surface area contributed by atoms with Crippen LogP contribution in [-0.2, 0) is 22.3 Å². The van der Waals surface area contributed by atoms with Crippen LogP contribution in [0, 0.1) is 6.92 Å². The highest BCUT2D eigenvalue weighted by Crippen LogP contribution is 2.16. The quantitative estimate of drug-likeness (QED) is 0.727. The normalized spacial score (nSPS) is 12.5. The van der Waals surface area contributed by atoms with Gasteiger partial charge in [-0.15, -0.1) is 0 Å². The zero-order chi connectivity index (χ0) is 15.5. The Morgan fingerprint density at radius 1 is 1.23 bits per heavy atom. The van der Waals surface area contributed by atoms with Gasteiger partial charge in [-0.3, -0.25) is 4.21 Å². The summed E-state index contributed by atoms with van der Waals surface area (Å²) in [6.45, 7) is 2.03. The van der Waals surface area contributed by atoms with Gasteiger partial charge in [-0.2, -0.15) is 0 Å². The minimum absolute atomic E-state index is 0.457. The van der Waals surface area contributed by atoms with E-state index in [1.807, 2.05) is 60.1 Å². The van der Waals surface area contributed by atoms with E-state index in [9.17, 15) is 4.21 Å². The summed E-state index contributed by atoms with van der Waals surface area (Å²) >= 11 is 0. The summed E-state index contributed by atoms with van der Waals surface area (Å²) in [6.07, 6.45) is 3.91.